The molecule has 2 aromatic carbocycles. The van der Waals surface area contributed by atoms with Gasteiger partial charge in [-0.3, -0.25) is 0 Å². The molecule has 0 N–H and O–H groups in total. The summed E-state index contributed by atoms with van der Waals surface area (Å²) in [6, 6.07) is 19.2. The van der Waals surface area contributed by atoms with Gasteiger partial charge in [-0.2, -0.15) is 0 Å². The Morgan fingerprint density at radius 2 is 1.39 bits per heavy atom. The summed E-state index contributed by atoms with van der Waals surface area (Å²) in [7, 11) is 4.49. The monoisotopic (exact) mass is 539 g/mol. The maximum atomic E-state index is 5.87. The second-order valence-electron chi connectivity index (χ2n) is 10.9. The van der Waals surface area contributed by atoms with E-state index in [-0.39, 0.29) is 29.4 Å². The smallest absolute Gasteiger partial charge is 0.119 e. The first kappa shape index (κ1) is 27.9. The lowest BCUT2D eigenvalue weighted by Crippen LogP contribution is -3.00. The lowest BCUT2D eigenvalue weighted by atomic mass is 9.72. The highest BCUT2D eigenvalue weighted by Crippen LogP contribution is 2.36. The molecule has 0 radical (unpaired) electrons. The van der Waals surface area contributed by atoms with Crippen LogP contribution in [0.3, 0.4) is 0 Å². The minimum absolute atomic E-state index is 0. The molecule has 0 unspecified atom stereocenters. The molecule has 0 spiro atoms. The molecule has 0 amide bonds. The average Bonchev–Trinajstić information content (AvgIpc) is 2.63. The fraction of sp³-hybridized carbons (Fsp3) is 0.556. The molecule has 0 aliphatic carbocycles. The predicted octanol–water partition coefficient (Wildman–Crippen LogP) is 3.08. The molecule has 31 heavy (non-hydrogen) atoms. The van der Waals surface area contributed by atoms with Crippen molar-refractivity contribution >= 4 is 0 Å². The standard InChI is InChI=1S/C27H42NO2.HI/c1-26(2,3)22-27(4,5)24-13-15-25(16-14-24)30-20-19-29-18-17-28(6,7)21-23-11-9-8-10-12-23;/h8-16H,17-22H2,1-7H3;1H/q+1;/p-1. The lowest BCUT2D eigenvalue weighted by Gasteiger charge is -2.33. The van der Waals surface area contributed by atoms with Crippen molar-refractivity contribution in [2.75, 3.05) is 40.5 Å². The number of hydrogen-bond donors (Lipinski definition) is 0. The Morgan fingerprint density at radius 3 is 1.97 bits per heavy atom. The molecule has 0 fully saturated rings. The van der Waals surface area contributed by atoms with Crippen LogP contribution in [0.5, 0.6) is 5.75 Å². The number of hydrogen-bond acceptors (Lipinski definition) is 2. The van der Waals surface area contributed by atoms with Gasteiger partial charge in [-0.05, 0) is 34.9 Å². The number of ether oxygens (including phenoxy) is 2. The van der Waals surface area contributed by atoms with Gasteiger partial charge < -0.3 is 37.9 Å². The molecule has 3 nitrogen and oxygen atoms in total. The molecule has 0 bridgehead atoms. The van der Waals surface area contributed by atoms with Crippen molar-refractivity contribution in [2.24, 2.45) is 5.41 Å². The van der Waals surface area contributed by atoms with Crippen molar-refractivity contribution in [3.05, 3.63) is 65.7 Å². The van der Waals surface area contributed by atoms with E-state index < -0.39 is 0 Å². The highest BCUT2D eigenvalue weighted by atomic mass is 127. The van der Waals surface area contributed by atoms with Crippen LogP contribution in [-0.4, -0.2) is 44.9 Å². The van der Waals surface area contributed by atoms with E-state index in [2.05, 4.69) is 103 Å². The number of halogens is 1. The largest absolute Gasteiger partial charge is 1.00 e. The van der Waals surface area contributed by atoms with Gasteiger partial charge in [-0.15, -0.1) is 0 Å². The van der Waals surface area contributed by atoms with Crippen molar-refractivity contribution in [3.8, 4) is 5.75 Å². The Morgan fingerprint density at radius 1 is 0.774 bits per heavy atom. The fourth-order valence-corrected chi connectivity index (χ4v) is 4.22. The second kappa shape index (κ2) is 12.2. The summed E-state index contributed by atoms with van der Waals surface area (Å²) in [5, 5.41) is 0. The Hall–Kier alpha value is -1.11. The normalized spacial score (nSPS) is 12.4. The quantitative estimate of drug-likeness (QED) is 0.248. The molecule has 0 aliphatic heterocycles. The first-order chi connectivity index (χ1) is 14.0. The molecule has 2 aromatic rings. The van der Waals surface area contributed by atoms with E-state index in [1.54, 1.807) is 0 Å². The van der Waals surface area contributed by atoms with Gasteiger partial charge in [0.1, 0.15) is 25.4 Å². The van der Waals surface area contributed by atoms with Crippen LogP contribution < -0.4 is 28.7 Å². The van der Waals surface area contributed by atoms with Crippen LogP contribution in [-0.2, 0) is 16.7 Å². The number of likely N-dealkylation sites (N-methyl/N-ethyl adjacent to an activating group) is 1. The van der Waals surface area contributed by atoms with Gasteiger partial charge in [0.05, 0.1) is 27.3 Å². The van der Waals surface area contributed by atoms with Gasteiger partial charge in [0.15, 0.2) is 0 Å². The third kappa shape index (κ3) is 10.8. The molecular weight excluding hydrogens is 497 g/mol. The SMILES string of the molecule is CC(C)(C)CC(C)(C)c1ccc(OCCOCC[N+](C)(C)Cc2ccccc2)cc1.[I-]. The molecule has 0 saturated heterocycles. The molecule has 174 valence electrons. The van der Waals surface area contributed by atoms with Crippen LogP contribution in [0.15, 0.2) is 54.6 Å². The topological polar surface area (TPSA) is 18.5 Å². The molecule has 2 rings (SSSR count). The van der Waals surface area contributed by atoms with Gasteiger partial charge in [0, 0.05) is 5.56 Å². The fourth-order valence-electron chi connectivity index (χ4n) is 4.22. The van der Waals surface area contributed by atoms with Crippen molar-refractivity contribution in [1.82, 2.24) is 0 Å². The van der Waals surface area contributed by atoms with Crippen molar-refractivity contribution in [1.29, 1.82) is 0 Å². The van der Waals surface area contributed by atoms with E-state index >= 15 is 0 Å². The highest BCUT2D eigenvalue weighted by Gasteiger charge is 2.27. The number of nitrogens with zero attached hydrogens (tertiary/aromatic N) is 1. The minimum Gasteiger partial charge on any atom is -1.00 e. The molecule has 0 saturated carbocycles. The Labute approximate surface area is 207 Å². The van der Waals surface area contributed by atoms with Gasteiger partial charge in [0.25, 0.3) is 0 Å². The van der Waals surface area contributed by atoms with Gasteiger partial charge in [-0.1, -0.05) is 77.1 Å². The summed E-state index contributed by atoms with van der Waals surface area (Å²) in [6.07, 6.45) is 1.15. The molecular formula is C27H42INO2. The van der Waals surface area contributed by atoms with Gasteiger partial charge in [0.2, 0.25) is 0 Å². The Bertz CT molecular complexity index is 749. The Balaban J connectivity index is 0.00000480. The molecule has 0 heterocycles. The summed E-state index contributed by atoms with van der Waals surface area (Å²) in [5.74, 6) is 0.911. The first-order valence-electron chi connectivity index (χ1n) is 11.1. The molecule has 0 atom stereocenters. The van der Waals surface area contributed by atoms with Crippen LogP contribution >= 0.6 is 0 Å². The maximum Gasteiger partial charge on any atom is 0.119 e. The van der Waals surface area contributed by atoms with Crippen molar-refractivity contribution < 1.29 is 37.9 Å². The summed E-state index contributed by atoms with van der Waals surface area (Å²) >= 11 is 0. The second-order valence-corrected chi connectivity index (χ2v) is 10.9. The third-order valence-corrected chi connectivity index (χ3v) is 5.40. The van der Waals surface area contributed by atoms with E-state index in [1.807, 2.05) is 0 Å². The van der Waals surface area contributed by atoms with Crippen LogP contribution in [0.4, 0.5) is 0 Å². The number of rotatable bonds is 11. The van der Waals surface area contributed by atoms with Crippen LogP contribution in [0.25, 0.3) is 0 Å². The third-order valence-electron chi connectivity index (χ3n) is 5.40. The van der Waals surface area contributed by atoms with Crippen LogP contribution in [0, 0.1) is 5.41 Å². The summed E-state index contributed by atoms with van der Waals surface area (Å²) in [5.41, 5.74) is 3.19. The van der Waals surface area contributed by atoms with Gasteiger partial charge >= 0.3 is 0 Å². The molecule has 0 aliphatic rings. The highest BCUT2D eigenvalue weighted by molar-refractivity contribution is 5.31. The van der Waals surface area contributed by atoms with E-state index in [9.17, 15) is 0 Å². The summed E-state index contributed by atoms with van der Waals surface area (Å²) < 4.78 is 12.6. The lowest BCUT2D eigenvalue weighted by molar-refractivity contribution is -0.904. The minimum atomic E-state index is 0. The van der Waals surface area contributed by atoms with Crippen LogP contribution in [0.2, 0.25) is 0 Å². The van der Waals surface area contributed by atoms with E-state index in [4.69, 9.17) is 9.47 Å². The van der Waals surface area contributed by atoms with E-state index in [1.165, 1.54) is 11.1 Å². The zero-order valence-electron chi connectivity index (χ0n) is 20.6. The summed E-state index contributed by atoms with van der Waals surface area (Å²) in [6.45, 7) is 15.5. The number of benzene rings is 2. The molecule has 0 aromatic heterocycles. The zero-order chi connectivity index (χ0) is 22.3. The van der Waals surface area contributed by atoms with Gasteiger partial charge in [-0.25, -0.2) is 0 Å². The predicted molar refractivity (Wildman–Crippen MR) is 127 cm³/mol. The average molecular weight is 540 g/mol. The van der Waals surface area contributed by atoms with E-state index in [0.717, 1.165) is 36.3 Å². The summed E-state index contributed by atoms with van der Waals surface area (Å²) in [4.78, 5) is 0. The zero-order valence-corrected chi connectivity index (χ0v) is 22.7. The van der Waals surface area contributed by atoms with Crippen molar-refractivity contribution in [2.45, 2.75) is 53.0 Å². The van der Waals surface area contributed by atoms with Crippen molar-refractivity contribution in [3.63, 3.8) is 0 Å². The Kier molecular flexibility index (Phi) is 11.0. The molecule has 4 heteroatoms. The maximum absolute atomic E-state index is 5.87. The van der Waals surface area contributed by atoms with Crippen LogP contribution in [0.1, 0.15) is 52.2 Å². The number of quaternary nitrogens is 1. The first-order valence-corrected chi connectivity index (χ1v) is 11.1. The van der Waals surface area contributed by atoms with E-state index in [0.29, 0.717) is 18.6 Å².